The van der Waals surface area contributed by atoms with Crippen molar-refractivity contribution in [2.75, 3.05) is 5.75 Å². The van der Waals surface area contributed by atoms with Crippen LogP contribution in [0.1, 0.15) is 11.3 Å². The van der Waals surface area contributed by atoms with Crippen molar-refractivity contribution in [3.05, 3.63) is 34.3 Å². The normalized spacial score (nSPS) is 14.1. The van der Waals surface area contributed by atoms with E-state index in [-0.39, 0.29) is 5.56 Å². The van der Waals surface area contributed by atoms with Crippen molar-refractivity contribution >= 4 is 11.8 Å². The minimum atomic E-state index is 0.109. The fraction of sp³-hybridized carbons (Fsp3) is 0.400. The first-order chi connectivity index (χ1) is 6.74. The molecule has 0 amide bonds. The molecule has 3 nitrogen and oxygen atoms in total. The maximum Gasteiger partial charge on any atom is 0.257 e. The third kappa shape index (κ3) is 1.39. The summed E-state index contributed by atoms with van der Waals surface area (Å²) in [5.41, 5.74) is 1.74. The Morgan fingerprint density at radius 2 is 2.50 bits per heavy atom. The number of allylic oxidation sites excluding steroid dienone is 1. The highest BCUT2D eigenvalue weighted by Crippen LogP contribution is 2.21. The highest BCUT2D eigenvalue weighted by molar-refractivity contribution is 7.99. The minimum Gasteiger partial charge on any atom is -0.287 e. The first-order valence-corrected chi connectivity index (χ1v) is 5.56. The molecule has 0 saturated heterocycles. The summed E-state index contributed by atoms with van der Waals surface area (Å²) in [6.45, 7) is 6.33. The number of aryl methyl sites for hydroxylation is 1. The average Bonchev–Trinajstić information content (AvgIpc) is 2.60. The quantitative estimate of drug-likeness (QED) is 0.544. The lowest BCUT2D eigenvalue weighted by molar-refractivity contribution is 0.639. The monoisotopic (exact) mass is 208 g/mol. The van der Waals surface area contributed by atoms with Crippen molar-refractivity contribution in [2.24, 2.45) is 0 Å². The van der Waals surface area contributed by atoms with Crippen LogP contribution in [0.5, 0.6) is 0 Å². The second kappa shape index (κ2) is 3.61. The molecule has 0 spiro atoms. The van der Waals surface area contributed by atoms with Gasteiger partial charge < -0.3 is 0 Å². The zero-order valence-electron chi connectivity index (χ0n) is 8.12. The molecular weight excluding hydrogens is 196 g/mol. The maximum atomic E-state index is 11.9. The molecule has 0 saturated carbocycles. The molecule has 0 radical (unpaired) electrons. The van der Waals surface area contributed by atoms with Crippen LogP contribution in [0.2, 0.25) is 0 Å². The average molecular weight is 208 g/mol. The number of nitrogens with zero attached hydrogens (tertiary/aromatic N) is 2. The topological polar surface area (TPSA) is 34.9 Å². The molecule has 1 aliphatic heterocycles. The van der Waals surface area contributed by atoms with Crippen LogP contribution < -0.4 is 5.56 Å². The third-order valence-corrected chi connectivity index (χ3v) is 3.29. The van der Waals surface area contributed by atoms with Crippen LogP contribution in [-0.2, 0) is 13.0 Å². The van der Waals surface area contributed by atoms with Gasteiger partial charge in [0.25, 0.3) is 5.56 Å². The van der Waals surface area contributed by atoms with Gasteiger partial charge in [0.15, 0.2) is 5.16 Å². The molecule has 0 N–H and O–H groups in total. The highest BCUT2D eigenvalue weighted by Gasteiger charge is 2.17. The second-order valence-electron chi connectivity index (χ2n) is 3.26. The SMILES string of the molecule is C=CCc1c(C)nc2n(c1=O)CCS2. The Morgan fingerprint density at radius 3 is 3.21 bits per heavy atom. The second-order valence-corrected chi connectivity index (χ2v) is 4.32. The molecule has 0 unspecified atom stereocenters. The van der Waals surface area contributed by atoms with Crippen LogP contribution in [-0.4, -0.2) is 15.3 Å². The van der Waals surface area contributed by atoms with Gasteiger partial charge in [-0.25, -0.2) is 4.98 Å². The fourth-order valence-electron chi connectivity index (χ4n) is 1.59. The molecule has 2 rings (SSSR count). The minimum absolute atomic E-state index is 0.109. The van der Waals surface area contributed by atoms with E-state index in [4.69, 9.17) is 0 Å². The molecule has 0 fully saturated rings. The van der Waals surface area contributed by atoms with Gasteiger partial charge in [-0.3, -0.25) is 9.36 Å². The van der Waals surface area contributed by atoms with E-state index in [1.54, 1.807) is 22.4 Å². The Bertz CT molecular complexity index is 436. The van der Waals surface area contributed by atoms with Crippen molar-refractivity contribution in [3.8, 4) is 0 Å². The molecule has 14 heavy (non-hydrogen) atoms. The molecule has 1 aliphatic rings. The summed E-state index contributed by atoms with van der Waals surface area (Å²) < 4.78 is 1.76. The third-order valence-electron chi connectivity index (χ3n) is 2.33. The molecule has 0 aliphatic carbocycles. The maximum absolute atomic E-state index is 11.9. The lowest BCUT2D eigenvalue weighted by atomic mass is 10.2. The number of hydrogen-bond donors (Lipinski definition) is 0. The lowest BCUT2D eigenvalue weighted by Gasteiger charge is -2.06. The molecule has 1 aromatic heterocycles. The standard InChI is InChI=1S/C10H12N2OS/c1-3-4-8-7(2)11-10-12(9(8)13)5-6-14-10/h3H,1,4-6H2,2H3. The van der Waals surface area contributed by atoms with Gasteiger partial charge in [0.2, 0.25) is 0 Å². The Morgan fingerprint density at radius 1 is 1.71 bits per heavy atom. The summed E-state index contributed by atoms with van der Waals surface area (Å²) in [7, 11) is 0. The van der Waals surface area contributed by atoms with Gasteiger partial charge in [0, 0.05) is 23.6 Å². The first-order valence-electron chi connectivity index (χ1n) is 4.58. The smallest absolute Gasteiger partial charge is 0.257 e. The van der Waals surface area contributed by atoms with Gasteiger partial charge in [-0.2, -0.15) is 0 Å². The highest BCUT2D eigenvalue weighted by atomic mass is 32.2. The summed E-state index contributed by atoms with van der Waals surface area (Å²) in [6, 6.07) is 0. The predicted molar refractivity (Wildman–Crippen MR) is 57.9 cm³/mol. The first kappa shape index (κ1) is 9.52. The molecule has 4 heteroatoms. The van der Waals surface area contributed by atoms with E-state index in [1.165, 1.54) is 0 Å². The Hall–Kier alpha value is -1.03. The summed E-state index contributed by atoms with van der Waals surface area (Å²) >= 11 is 1.65. The van der Waals surface area contributed by atoms with Crippen LogP contribution in [0, 0.1) is 6.92 Å². The van der Waals surface area contributed by atoms with Crippen LogP contribution in [0.3, 0.4) is 0 Å². The van der Waals surface area contributed by atoms with Crippen LogP contribution >= 0.6 is 11.8 Å². The molecule has 0 bridgehead atoms. The Labute approximate surface area is 86.9 Å². The van der Waals surface area contributed by atoms with E-state index >= 15 is 0 Å². The van der Waals surface area contributed by atoms with Gasteiger partial charge in [-0.1, -0.05) is 17.8 Å². The van der Waals surface area contributed by atoms with Crippen molar-refractivity contribution in [1.29, 1.82) is 0 Å². The summed E-state index contributed by atoms with van der Waals surface area (Å²) in [4.78, 5) is 16.3. The Kier molecular flexibility index (Phi) is 2.46. The van der Waals surface area contributed by atoms with Gasteiger partial charge in [-0.15, -0.1) is 6.58 Å². The fourth-order valence-corrected chi connectivity index (χ4v) is 2.58. The molecule has 74 valence electrons. The zero-order valence-corrected chi connectivity index (χ0v) is 8.93. The lowest BCUT2D eigenvalue weighted by Crippen LogP contribution is -2.25. The molecule has 0 aromatic carbocycles. The van der Waals surface area contributed by atoms with Crippen molar-refractivity contribution in [1.82, 2.24) is 9.55 Å². The van der Waals surface area contributed by atoms with E-state index in [0.717, 1.165) is 28.7 Å². The van der Waals surface area contributed by atoms with Crippen molar-refractivity contribution in [3.63, 3.8) is 0 Å². The van der Waals surface area contributed by atoms with E-state index in [1.807, 2.05) is 6.92 Å². The molecule has 2 heterocycles. The number of thioether (sulfide) groups is 1. The van der Waals surface area contributed by atoms with Gasteiger partial charge in [-0.05, 0) is 13.3 Å². The largest absolute Gasteiger partial charge is 0.287 e. The van der Waals surface area contributed by atoms with Gasteiger partial charge in [0.05, 0.1) is 0 Å². The summed E-state index contributed by atoms with van der Waals surface area (Å²) in [5.74, 6) is 0.958. The number of aromatic nitrogens is 2. The van der Waals surface area contributed by atoms with E-state index in [2.05, 4.69) is 11.6 Å². The van der Waals surface area contributed by atoms with Gasteiger partial charge >= 0.3 is 0 Å². The van der Waals surface area contributed by atoms with Gasteiger partial charge in [0.1, 0.15) is 0 Å². The van der Waals surface area contributed by atoms with Crippen LogP contribution in [0.25, 0.3) is 0 Å². The van der Waals surface area contributed by atoms with Crippen LogP contribution in [0.15, 0.2) is 22.6 Å². The molecular formula is C10H12N2OS. The summed E-state index contributed by atoms with van der Waals surface area (Å²) in [5, 5.41) is 0.861. The zero-order chi connectivity index (χ0) is 10.1. The Balaban J connectivity index is 2.62. The summed E-state index contributed by atoms with van der Waals surface area (Å²) in [6.07, 6.45) is 2.36. The number of hydrogen-bond acceptors (Lipinski definition) is 3. The van der Waals surface area contributed by atoms with E-state index in [9.17, 15) is 4.79 Å². The molecule has 0 atom stereocenters. The molecule has 1 aromatic rings. The van der Waals surface area contributed by atoms with E-state index < -0.39 is 0 Å². The number of rotatable bonds is 2. The van der Waals surface area contributed by atoms with Crippen molar-refractivity contribution < 1.29 is 0 Å². The van der Waals surface area contributed by atoms with E-state index in [0.29, 0.717) is 6.42 Å². The van der Waals surface area contributed by atoms with Crippen LogP contribution in [0.4, 0.5) is 0 Å². The predicted octanol–water partition coefficient (Wildman–Crippen LogP) is 1.39. The van der Waals surface area contributed by atoms with Crippen molar-refractivity contribution in [2.45, 2.75) is 25.0 Å². The number of fused-ring (bicyclic) bond motifs is 1.